The SMILES string of the molecule is COc1nc(/C(=C/C2CCC2)c2ccc(CCc3nnn(CC(=O)O)n3)c(Cl)c2)ccc1C1CC1. The highest BCUT2D eigenvalue weighted by Crippen LogP contribution is 2.44. The van der Waals surface area contributed by atoms with Gasteiger partial charge in [0.2, 0.25) is 5.88 Å². The molecule has 35 heavy (non-hydrogen) atoms. The highest BCUT2D eigenvalue weighted by atomic mass is 35.5. The number of aliphatic carboxylic acids is 1. The van der Waals surface area contributed by atoms with E-state index >= 15 is 0 Å². The summed E-state index contributed by atoms with van der Waals surface area (Å²) in [4.78, 5) is 16.8. The van der Waals surface area contributed by atoms with Crippen LogP contribution in [0.15, 0.2) is 36.4 Å². The summed E-state index contributed by atoms with van der Waals surface area (Å²) in [6, 6.07) is 10.4. The average Bonchev–Trinajstić information content (AvgIpc) is 3.56. The second-order valence-electron chi connectivity index (χ2n) is 9.28. The monoisotopic (exact) mass is 493 g/mol. The van der Waals surface area contributed by atoms with Gasteiger partial charge in [-0.2, -0.15) is 4.80 Å². The van der Waals surface area contributed by atoms with Crippen molar-refractivity contribution >= 4 is 23.1 Å². The average molecular weight is 494 g/mol. The van der Waals surface area contributed by atoms with Gasteiger partial charge in [-0.3, -0.25) is 4.79 Å². The maximum Gasteiger partial charge on any atom is 0.327 e. The molecule has 0 aliphatic heterocycles. The molecule has 0 radical (unpaired) electrons. The Morgan fingerprint density at radius 3 is 2.69 bits per heavy atom. The number of halogens is 1. The zero-order valence-electron chi connectivity index (χ0n) is 19.7. The van der Waals surface area contributed by atoms with Crippen LogP contribution in [0.3, 0.4) is 0 Å². The largest absolute Gasteiger partial charge is 0.481 e. The van der Waals surface area contributed by atoms with E-state index in [-0.39, 0.29) is 6.54 Å². The number of aromatic nitrogens is 5. The van der Waals surface area contributed by atoms with Crippen molar-refractivity contribution in [3.63, 3.8) is 0 Å². The van der Waals surface area contributed by atoms with Gasteiger partial charge in [-0.1, -0.05) is 42.3 Å². The molecule has 3 aromatic rings. The number of rotatable bonds is 10. The third-order valence-corrected chi connectivity index (χ3v) is 7.03. The van der Waals surface area contributed by atoms with Crippen LogP contribution in [0.25, 0.3) is 5.57 Å². The second kappa shape index (κ2) is 10.2. The van der Waals surface area contributed by atoms with Crippen molar-refractivity contribution in [3.8, 4) is 5.88 Å². The number of ether oxygens (including phenoxy) is 1. The molecule has 9 heteroatoms. The first-order valence-corrected chi connectivity index (χ1v) is 12.4. The van der Waals surface area contributed by atoms with Crippen molar-refractivity contribution < 1.29 is 14.6 Å². The molecule has 2 fully saturated rings. The summed E-state index contributed by atoms with van der Waals surface area (Å²) in [5, 5.41) is 21.3. The Balaban J connectivity index is 1.37. The maximum atomic E-state index is 10.8. The van der Waals surface area contributed by atoms with E-state index in [0.29, 0.717) is 35.5 Å². The molecule has 2 saturated carbocycles. The molecule has 0 amide bonds. The lowest BCUT2D eigenvalue weighted by Crippen LogP contribution is -2.11. The molecule has 5 rings (SSSR count). The van der Waals surface area contributed by atoms with Crippen LogP contribution in [0.1, 0.15) is 66.2 Å². The van der Waals surface area contributed by atoms with Crippen LogP contribution in [-0.2, 0) is 24.2 Å². The summed E-state index contributed by atoms with van der Waals surface area (Å²) in [6.45, 7) is -0.307. The summed E-state index contributed by atoms with van der Waals surface area (Å²) in [5.41, 5.74) is 5.19. The number of carboxylic acid groups (broad SMARTS) is 1. The van der Waals surface area contributed by atoms with Crippen LogP contribution >= 0.6 is 11.6 Å². The number of carboxylic acids is 1. The first-order valence-electron chi connectivity index (χ1n) is 12.0. The molecule has 0 atom stereocenters. The lowest BCUT2D eigenvalue weighted by molar-refractivity contribution is -0.138. The molecule has 182 valence electrons. The summed E-state index contributed by atoms with van der Waals surface area (Å²) in [5.74, 6) is 1.32. The molecule has 0 spiro atoms. The highest BCUT2D eigenvalue weighted by Gasteiger charge is 2.28. The van der Waals surface area contributed by atoms with E-state index in [4.69, 9.17) is 26.4 Å². The predicted octanol–water partition coefficient (Wildman–Crippen LogP) is 4.71. The molecule has 2 aromatic heterocycles. The lowest BCUT2D eigenvalue weighted by atomic mass is 9.82. The fraction of sp³-hybridized carbons (Fsp3) is 0.423. The van der Waals surface area contributed by atoms with Crippen LogP contribution in [0, 0.1) is 5.92 Å². The zero-order valence-corrected chi connectivity index (χ0v) is 20.4. The molecular weight excluding hydrogens is 466 g/mol. The summed E-state index contributed by atoms with van der Waals surface area (Å²) >= 11 is 6.71. The molecule has 8 nitrogen and oxygen atoms in total. The Bertz CT molecular complexity index is 1260. The Hall–Kier alpha value is -3.26. The van der Waals surface area contributed by atoms with Crippen molar-refractivity contribution in [2.75, 3.05) is 7.11 Å². The van der Waals surface area contributed by atoms with Gasteiger partial charge >= 0.3 is 5.97 Å². The normalized spacial score (nSPS) is 16.2. The van der Waals surface area contributed by atoms with Gasteiger partial charge in [0.25, 0.3) is 0 Å². The molecular formula is C26H28ClN5O3. The van der Waals surface area contributed by atoms with Gasteiger partial charge < -0.3 is 9.84 Å². The molecule has 0 bridgehead atoms. The molecule has 2 heterocycles. The van der Waals surface area contributed by atoms with Crippen LogP contribution in [0.5, 0.6) is 5.88 Å². The molecule has 2 aliphatic carbocycles. The van der Waals surface area contributed by atoms with Gasteiger partial charge in [-0.15, -0.1) is 10.2 Å². The topological polar surface area (TPSA) is 103 Å². The van der Waals surface area contributed by atoms with Crippen LogP contribution in [-0.4, -0.2) is 43.4 Å². The summed E-state index contributed by atoms with van der Waals surface area (Å²) < 4.78 is 5.64. The minimum absolute atomic E-state index is 0.307. The Morgan fingerprint density at radius 1 is 1.20 bits per heavy atom. The van der Waals surface area contributed by atoms with E-state index in [9.17, 15) is 4.79 Å². The number of nitrogens with zero attached hydrogens (tertiary/aromatic N) is 5. The molecule has 2 aliphatic rings. The van der Waals surface area contributed by atoms with Crippen LogP contribution < -0.4 is 4.74 Å². The lowest BCUT2D eigenvalue weighted by Gasteiger charge is -2.24. The van der Waals surface area contributed by atoms with E-state index in [0.717, 1.165) is 33.1 Å². The standard InChI is InChI=1S/C26H28ClN5O3/c1-35-26-20(17-5-6-17)10-11-23(28-26)21(13-16-3-2-4-16)19-8-7-18(22(27)14-19)9-12-24-29-31-32(30-24)15-25(33)34/h7-8,10-11,13-14,16-17H,2-6,9,12,15H2,1H3,(H,33,34)/b21-13+. The van der Waals surface area contributed by atoms with Crippen molar-refractivity contribution in [1.82, 2.24) is 25.2 Å². The maximum absolute atomic E-state index is 10.8. The van der Waals surface area contributed by atoms with Crippen molar-refractivity contribution in [1.29, 1.82) is 0 Å². The summed E-state index contributed by atoms with van der Waals surface area (Å²) in [7, 11) is 1.69. The van der Waals surface area contributed by atoms with E-state index in [1.807, 2.05) is 12.1 Å². The number of benzene rings is 1. The van der Waals surface area contributed by atoms with E-state index in [1.165, 1.54) is 37.7 Å². The predicted molar refractivity (Wildman–Crippen MR) is 131 cm³/mol. The quantitative estimate of drug-likeness (QED) is 0.436. The Morgan fingerprint density at radius 2 is 2.03 bits per heavy atom. The van der Waals surface area contributed by atoms with Gasteiger partial charge in [0, 0.05) is 22.6 Å². The second-order valence-corrected chi connectivity index (χ2v) is 9.68. The van der Waals surface area contributed by atoms with Crippen LogP contribution in [0.4, 0.5) is 0 Å². The first kappa shape index (κ1) is 23.5. The fourth-order valence-corrected chi connectivity index (χ4v) is 4.64. The van der Waals surface area contributed by atoms with Crippen LogP contribution in [0.2, 0.25) is 5.02 Å². The van der Waals surface area contributed by atoms with E-state index < -0.39 is 5.97 Å². The van der Waals surface area contributed by atoms with Crippen molar-refractivity contribution in [2.45, 2.75) is 57.4 Å². The van der Waals surface area contributed by atoms with Gasteiger partial charge in [-0.25, -0.2) is 4.98 Å². The van der Waals surface area contributed by atoms with Crippen molar-refractivity contribution in [2.24, 2.45) is 5.92 Å². The minimum Gasteiger partial charge on any atom is -0.481 e. The van der Waals surface area contributed by atoms with Gasteiger partial charge in [0.05, 0.1) is 12.8 Å². The molecule has 0 unspecified atom stereocenters. The third-order valence-electron chi connectivity index (χ3n) is 6.68. The Labute approximate surface area is 209 Å². The van der Waals surface area contributed by atoms with E-state index in [1.54, 1.807) is 7.11 Å². The molecule has 0 saturated heterocycles. The van der Waals surface area contributed by atoms with Gasteiger partial charge in [0.1, 0.15) is 0 Å². The number of tetrazole rings is 1. The zero-order chi connectivity index (χ0) is 24.4. The number of allylic oxidation sites excluding steroid dienone is 1. The highest BCUT2D eigenvalue weighted by molar-refractivity contribution is 6.31. The number of carbonyl (C=O) groups is 1. The number of methoxy groups -OCH3 is 1. The van der Waals surface area contributed by atoms with E-state index in [2.05, 4.69) is 39.7 Å². The number of hydrogen-bond donors (Lipinski definition) is 1. The Kier molecular flexibility index (Phi) is 6.81. The number of hydrogen-bond acceptors (Lipinski definition) is 6. The number of pyridine rings is 1. The number of aryl methyl sites for hydroxylation is 2. The van der Waals surface area contributed by atoms with Gasteiger partial charge in [0.15, 0.2) is 12.4 Å². The smallest absolute Gasteiger partial charge is 0.327 e. The van der Waals surface area contributed by atoms with Gasteiger partial charge in [-0.05, 0) is 72.4 Å². The third kappa shape index (κ3) is 5.53. The molecule has 1 N–H and O–H groups in total. The molecule has 1 aromatic carbocycles. The summed E-state index contributed by atoms with van der Waals surface area (Å²) in [6.07, 6.45) is 9.53. The van der Waals surface area contributed by atoms with Crippen molar-refractivity contribution in [3.05, 3.63) is 69.6 Å². The fourth-order valence-electron chi connectivity index (χ4n) is 4.37. The first-order chi connectivity index (χ1) is 17.0. The minimum atomic E-state index is -1.01.